The molecule has 1 atom stereocenters. The predicted octanol–water partition coefficient (Wildman–Crippen LogP) is 1.48. The van der Waals surface area contributed by atoms with Crippen LogP contribution in [0.1, 0.15) is 20.3 Å². The van der Waals surface area contributed by atoms with Crippen LogP contribution in [-0.2, 0) is 9.59 Å². The van der Waals surface area contributed by atoms with Crippen LogP contribution in [0.3, 0.4) is 0 Å². The molecule has 0 radical (unpaired) electrons. The second kappa shape index (κ2) is 8.04. The van der Waals surface area contributed by atoms with Crippen LogP contribution in [0.5, 0.6) is 5.75 Å². The molecule has 6 heteroatoms. The van der Waals surface area contributed by atoms with Crippen LogP contribution in [0.2, 0.25) is 0 Å². The van der Waals surface area contributed by atoms with Crippen molar-refractivity contribution in [1.82, 2.24) is 5.32 Å². The molecule has 0 aliphatic carbocycles. The highest BCUT2D eigenvalue weighted by atomic mass is 16.5. The molecule has 0 aliphatic rings. The molecule has 0 spiro atoms. The summed E-state index contributed by atoms with van der Waals surface area (Å²) in [4.78, 5) is 21.9. The van der Waals surface area contributed by atoms with E-state index in [0.29, 0.717) is 6.61 Å². The number of rotatable bonds is 8. The van der Waals surface area contributed by atoms with Crippen LogP contribution in [0, 0.1) is 0 Å². The Morgan fingerprint density at radius 1 is 1.30 bits per heavy atom. The zero-order valence-corrected chi connectivity index (χ0v) is 11.7. The molecule has 20 heavy (non-hydrogen) atoms. The first kappa shape index (κ1) is 15.8. The van der Waals surface area contributed by atoms with E-state index in [1.165, 1.54) is 6.92 Å². The predicted molar refractivity (Wildman–Crippen MR) is 76.0 cm³/mol. The Hall–Kier alpha value is -2.24. The van der Waals surface area contributed by atoms with E-state index in [-0.39, 0.29) is 12.5 Å². The van der Waals surface area contributed by atoms with Crippen molar-refractivity contribution in [3.05, 3.63) is 24.3 Å². The van der Waals surface area contributed by atoms with Crippen molar-refractivity contribution in [2.24, 2.45) is 0 Å². The molecule has 1 aromatic carbocycles. The molecule has 3 N–H and O–H groups in total. The van der Waals surface area contributed by atoms with Gasteiger partial charge in [-0.25, -0.2) is 4.79 Å². The Bertz CT molecular complexity index is 445. The van der Waals surface area contributed by atoms with E-state index in [2.05, 4.69) is 10.6 Å². The van der Waals surface area contributed by atoms with E-state index < -0.39 is 12.0 Å². The molecule has 0 fully saturated rings. The lowest BCUT2D eigenvalue weighted by Crippen LogP contribution is -2.44. The minimum absolute atomic E-state index is 0.115. The van der Waals surface area contributed by atoms with Gasteiger partial charge < -0.3 is 20.5 Å². The van der Waals surface area contributed by atoms with Gasteiger partial charge in [0.05, 0.1) is 6.61 Å². The molecule has 6 nitrogen and oxygen atoms in total. The molecule has 0 saturated carbocycles. The summed E-state index contributed by atoms with van der Waals surface area (Å²) in [5.41, 5.74) is 0.769. The standard InChI is InChI=1S/C14H20N2O4/c1-3-8-20-12-6-4-11(5-7-12)15-9-13(14(18)19)16-10(2)17/h4-7,13,15H,3,8-9H2,1-2H3,(H,16,17)(H,18,19). The minimum Gasteiger partial charge on any atom is -0.494 e. The Morgan fingerprint density at radius 2 is 1.95 bits per heavy atom. The first-order valence-electron chi connectivity index (χ1n) is 6.49. The van der Waals surface area contributed by atoms with E-state index >= 15 is 0 Å². The SMILES string of the molecule is CCCOc1ccc(NCC(NC(C)=O)C(=O)O)cc1. The fourth-order valence-corrected chi connectivity index (χ4v) is 1.55. The second-order valence-electron chi connectivity index (χ2n) is 4.35. The summed E-state index contributed by atoms with van der Waals surface area (Å²) in [6.07, 6.45) is 0.941. The monoisotopic (exact) mass is 280 g/mol. The van der Waals surface area contributed by atoms with Crippen LogP contribution in [0.4, 0.5) is 5.69 Å². The molecule has 1 amide bonds. The van der Waals surface area contributed by atoms with E-state index in [1.54, 1.807) is 12.1 Å². The lowest BCUT2D eigenvalue weighted by molar-refractivity contribution is -0.141. The minimum atomic E-state index is -1.07. The van der Waals surface area contributed by atoms with Crippen molar-refractivity contribution in [2.75, 3.05) is 18.5 Å². The van der Waals surface area contributed by atoms with E-state index in [1.807, 2.05) is 19.1 Å². The zero-order valence-electron chi connectivity index (χ0n) is 11.7. The largest absolute Gasteiger partial charge is 0.494 e. The summed E-state index contributed by atoms with van der Waals surface area (Å²) >= 11 is 0. The van der Waals surface area contributed by atoms with Crippen LogP contribution in [0.25, 0.3) is 0 Å². The smallest absolute Gasteiger partial charge is 0.328 e. The average Bonchev–Trinajstić information content (AvgIpc) is 2.41. The highest BCUT2D eigenvalue weighted by Crippen LogP contribution is 2.15. The lowest BCUT2D eigenvalue weighted by Gasteiger charge is -2.15. The molecule has 1 rings (SSSR count). The van der Waals surface area contributed by atoms with Crippen LogP contribution in [-0.4, -0.2) is 36.2 Å². The lowest BCUT2D eigenvalue weighted by atomic mass is 10.2. The maximum atomic E-state index is 11.0. The highest BCUT2D eigenvalue weighted by molar-refractivity contribution is 5.82. The van der Waals surface area contributed by atoms with Gasteiger partial charge >= 0.3 is 5.97 Å². The number of carboxylic acid groups (broad SMARTS) is 1. The Balaban J connectivity index is 2.51. The van der Waals surface area contributed by atoms with Crippen molar-refractivity contribution in [3.8, 4) is 5.75 Å². The van der Waals surface area contributed by atoms with Gasteiger partial charge in [0.1, 0.15) is 11.8 Å². The molecule has 1 aromatic rings. The summed E-state index contributed by atoms with van der Waals surface area (Å²) < 4.78 is 5.45. The second-order valence-corrected chi connectivity index (χ2v) is 4.35. The maximum absolute atomic E-state index is 11.0. The van der Waals surface area contributed by atoms with Crippen molar-refractivity contribution in [3.63, 3.8) is 0 Å². The number of hydrogen-bond acceptors (Lipinski definition) is 4. The number of anilines is 1. The van der Waals surface area contributed by atoms with E-state index in [4.69, 9.17) is 9.84 Å². The average molecular weight is 280 g/mol. The van der Waals surface area contributed by atoms with Crippen molar-refractivity contribution < 1.29 is 19.4 Å². The third-order valence-electron chi connectivity index (χ3n) is 2.51. The van der Waals surface area contributed by atoms with E-state index in [0.717, 1.165) is 17.9 Å². The van der Waals surface area contributed by atoms with Crippen LogP contribution < -0.4 is 15.4 Å². The normalized spacial score (nSPS) is 11.5. The molecule has 0 heterocycles. The molecule has 0 saturated heterocycles. The molecule has 110 valence electrons. The maximum Gasteiger partial charge on any atom is 0.328 e. The van der Waals surface area contributed by atoms with Gasteiger partial charge in [-0.05, 0) is 30.7 Å². The number of amides is 1. The Labute approximate surface area is 118 Å². The summed E-state index contributed by atoms with van der Waals surface area (Å²) in [5, 5.41) is 14.3. The zero-order chi connectivity index (χ0) is 15.0. The van der Waals surface area contributed by atoms with Gasteiger partial charge in [0, 0.05) is 19.2 Å². The highest BCUT2D eigenvalue weighted by Gasteiger charge is 2.17. The molecule has 1 unspecified atom stereocenters. The van der Waals surface area contributed by atoms with Gasteiger partial charge in [0.2, 0.25) is 5.91 Å². The number of benzene rings is 1. The summed E-state index contributed by atoms with van der Waals surface area (Å²) in [6.45, 7) is 4.10. The Morgan fingerprint density at radius 3 is 2.45 bits per heavy atom. The van der Waals surface area contributed by atoms with Crippen LogP contribution >= 0.6 is 0 Å². The van der Waals surface area contributed by atoms with Gasteiger partial charge in [-0.15, -0.1) is 0 Å². The number of carbonyl (C=O) groups excluding carboxylic acids is 1. The van der Waals surface area contributed by atoms with Gasteiger partial charge in [-0.2, -0.15) is 0 Å². The third-order valence-corrected chi connectivity index (χ3v) is 2.51. The molecule has 0 aliphatic heterocycles. The van der Waals surface area contributed by atoms with Gasteiger partial charge in [-0.3, -0.25) is 4.79 Å². The summed E-state index contributed by atoms with van der Waals surface area (Å²) in [6, 6.07) is 6.27. The topological polar surface area (TPSA) is 87.7 Å². The van der Waals surface area contributed by atoms with Gasteiger partial charge in [-0.1, -0.05) is 6.92 Å². The molecular formula is C14H20N2O4. The van der Waals surface area contributed by atoms with E-state index in [9.17, 15) is 9.59 Å². The van der Waals surface area contributed by atoms with Gasteiger partial charge in [0.25, 0.3) is 0 Å². The summed E-state index contributed by atoms with van der Waals surface area (Å²) in [7, 11) is 0. The van der Waals surface area contributed by atoms with Crippen molar-refractivity contribution in [2.45, 2.75) is 26.3 Å². The number of carboxylic acids is 1. The number of carbonyl (C=O) groups is 2. The fourth-order valence-electron chi connectivity index (χ4n) is 1.55. The summed E-state index contributed by atoms with van der Waals surface area (Å²) in [5.74, 6) is -0.674. The quantitative estimate of drug-likeness (QED) is 0.671. The molecule has 0 bridgehead atoms. The third kappa shape index (κ3) is 5.60. The molecule has 0 aromatic heterocycles. The number of hydrogen-bond donors (Lipinski definition) is 3. The first-order chi connectivity index (χ1) is 9.52. The van der Waals surface area contributed by atoms with Gasteiger partial charge in [0.15, 0.2) is 0 Å². The first-order valence-corrected chi connectivity index (χ1v) is 6.49. The number of aliphatic carboxylic acids is 1. The number of nitrogens with one attached hydrogen (secondary N) is 2. The fraction of sp³-hybridized carbons (Fsp3) is 0.429. The number of ether oxygens (including phenoxy) is 1. The molecular weight excluding hydrogens is 260 g/mol. The Kier molecular flexibility index (Phi) is 6.36. The van der Waals surface area contributed by atoms with Crippen LogP contribution in [0.15, 0.2) is 24.3 Å². The van der Waals surface area contributed by atoms with Crippen molar-refractivity contribution >= 4 is 17.6 Å². The van der Waals surface area contributed by atoms with Crippen molar-refractivity contribution in [1.29, 1.82) is 0 Å².